The summed E-state index contributed by atoms with van der Waals surface area (Å²) in [7, 11) is 3.68. The molecule has 0 heterocycles. The van der Waals surface area contributed by atoms with Crippen LogP contribution < -0.4 is 0 Å². The number of fused-ring (bicyclic) bond motifs is 5. The second-order valence-corrected chi connectivity index (χ2v) is 9.72. The molecule has 24 heavy (non-hydrogen) atoms. The largest absolute Gasteiger partial charge is 0.353 e. The molecule has 0 aromatic heterocycles. The van der Waals surface area contributed by atoms with Gasteiger partial charge in [-0.25, -0.2) is 0 Å². The van der Waals surface area contributed by atoms with E-state index in [1.54, 1.807) is 0 Å². The molecule has 0 aromatic rings. The first-order valence-electron chi connectivity index (χ1n) is 10.7. The third-order valence-corrected chi connectivity index (χ3v) is 9.38. The lowest BCUT2D eigenvalue weighted by molar-refractivity contribution is -0.247. The number of ether oxygens (including phenoxy) is 2. The molecule has 0 N–H and O–H groups in total. The summed E-state index contributed by atoms with van der Waals surface area (Å²) >= 11 is 0. The highest BCUT2D eigenvalue weighted by Gasteiger charge is 2.57. The lowest BCUT2D eigenvalue weighted by Gasteiger charge is -2.57. The number of methoxy groups -OCH3 is 2. The van der Waals surface area contributed by atoms with Gasteiger partial charge < -0.3 is 9.47 Å². The van der Waals surface area contributed by atoms with E-state index in [0.717, 1.165) is 48.3 Å². The zero-order valence-electron chi connectivity index (χ0n) is 16.4. The van der Waals surface area contributed by atoms with Crippen LogP contribution in [0.25, 0.3) is 0 Å². The van der Waals surface area contributed by atoms with Gasteiger partial charge in [0.1, 0.15) is 0 Å². The van der Waals surface area contributed by atoms with Crippen molar-refractivity contribution >= 4 is 0 Å². The molecule has 0 aliphatic heterocycles. The monoisotopic (exact) mass is 334 g/mol. The zero-order valence-corrected chi connectivity index (χ0v) is 16.4. The molecule has 0 saturated heterocycles. The van der Waals surface area contributed by atoms with Gasteiger partial charge in [-0.1, -0.05) is 20.3 Å². The molecule has 2 heteroatoms. The molecule has 1 unspecified atom stereocenters. The second kappa shape index (κ2) is 6.27. The number of hydrogen-bond acceptors (Lipinski definition) is 2. The molecule has 0 bridgehead atoms. The molecule has 138 valence electrons. The standard InChI is InChI=1S/C22H38O2/c1-5-16-7-9-20-19-8-6-15-14-22(23-3,24-4)13-11-17(15)18(19)10-12-21(16,20)2/h15-20H,5-14H2,1-4H3/t15-,16-,17-,18+,19?,20-,21+/m0/s1. The Kier molecular flexibility index (Phi) is 4.53. The van der Waals surface area contributed by atoms with Gasteiger partial charge in [0.05, 0.1) is 0 Å². The van der Waals surface area contributed by atoms with Crippen molar-refractivity contribution in [1.29, 1.82) is 0 Å². The van der Waals surface area contributed by atoms with E-state index in [2.05, 4.69) is 13.8 Å². The van der Waals surface area contributed by atoms with E-state index in [1.165, 1.54) is 51.4 Å². The van der Waals surface area contributed by atoms with E-state index in [4.69, 9.17) is 9.47 Å². The van der Waals surface area contributed by atoms with E-state index in [9.17, 15) is 0 Å². The van der Waals surface area contributed by atoms with Gasteiger partial charge in [0.25, 0.3) is 0 Å². The Labute approximate surface area is 149 Å². The van der Waals surface area contributed by atoms with Crippen LogP contribution in [0.15, 0.2) is 0 Å². The summed E-state index contributed by atoms with van der Waals surface area (Å²) in [5, 5.41) is 0. The first-order valence-corrected chi connectivity index (χ1v) is 10.7. The summed E-state index contributed by atoms with van der Waals surface area (Å²) in [5.74, 6) is 5.57. The van der Waals surface area contributed by atoms with Crippen LogP contribution in [0.1, 0.15) is 78.1 Å². The van der Waals surface area contributed by atoms with Crippen LogP contribution in [-0.2, 0) is 9.47 Å². The van der Waals surface area contributed by atoms with Gasteiger partial charge in [0.2, 0.25) is 0 Å². The summed E-state index contributed by atoms with van der Waals surface area (Å²) < 4.78 is 11.6. The average molecular weight is 335 g/mol. The maximum atomic E-state index is 5.80. The van der Waals surface area contributed by atoms with Crippen LogP contribution in [0.5, 0.6) is 0 Å². The molecule has 2 nitrogen and oxygen atoms in total. The summed E-state index contributed by atoms with van der Waals surface area (Å²) in [6.45, 7) is 5.08. The average Bonchev–Trinajstić information content (AvgIpc) is 2.97. The second-order valence-electron chi connectivity index (χ2n) is 9.72. The summed E-state index contributed by atoms with van der Waals surface area (Å²) in [4.78, 5) is 0. The summed E-state index contributed by atoms with van der Waals surface area (Å²) in [6.07, 6.45) is 13.9. The van der Waals surface area contributed by atoms with E-state index in [0.29, 0.717) is 5.41 Å². The lowest BCUT2D eigenvalue weighted by atomic mass is 9.49. The molecule has 4 fully saturated rings. The first-order chi connectivity index (χ1) is 11.6. The molecule has 0 amide bonds. The zero-order chi connectivity index (χ0) is 16.9. The van der Waals surface area contributed by atoms with Crippen molar-refractivity contribution in [3.63, 3.8) is 0 Å². The highest BCUT2D eigenvalue weighted by molar-refractivity contribution is 5.06. The highest BCUT2D eigenvalue weighted by atomic mass is 16.7. The van der Waals surface area contributed by atoms with Gasteiger partial charge in [-0.3, -0.25) is 0 Å². The van der Waals surface area contributed by atoms with Crippen LogP contribution in [0, 0.1) is 40.9 Å². The number of rotatable bonds is 3. The van der Waals surface area contributed by atoms with Gasteiger partial charge in [-0.2, -0.15) is 0 Å². The molecule has 4 aliphatic rings. The predicted molar refractivity (Wildman–Crippen MR) is 97.6 cm³/mol. The van der Waals surface area contributed by atoms with Crippen LogP contribution >= 0.6 is 0 Å². The van der Waals surface area contributed by atoms with Crippen molar-refractivity contribution in [3.05, 3.63) is 0 Å². The fraction of sp³-hybridized carbons (Fsp3) is 1.00. The minimum atomic E-state index is -0.280. The summed E-state index contributed by atoms with van der Waals surface area (Å²) in [5.41, 5.74) is 0.667. The van der Waals surface area contributed by atoms with Gasteiger partial charge in [-0.05, 0) is 85.9 Å². The Bertz CT molecular complexity index is 457. The van der Waals surface area contributed by atoms with E-state index in [1.807, 2.05) is 14.2 Å². The fourth-order valence-electron chi connectivity index (χ4n) is 8.06. The predicted octanol–water partition coefficient (Wildman–Crippen LogP) is 5.65. The molecule has 4 saturated carbocycles. The third kappa shape index (κ3) is 2.42. The molecule has 0 aromatic carbocycles. The minimum absolute atomic E-state index is 0.280. The molecule has 4 aliphatic carbocycles. The molecule has 0 spiro atoms. The normalized spacial score (nSPS) is 50.0. The summed E-state index contributed by atoms with van der Waals surface area (Å²) in [6, 6.07) is 0. The van der Waals surface area contributed by atoms with E-state index in [-0.39, 0.29) is 5.79 Å². The van der Waals surface area contributed by atoms with Gasteiger partial charge >= 0.3 is 0 Å². The van der Waals surface area contributed by atoms with Crippen molar-refractivity contribution in [2.75, 3.05) is 14.2 Å². The van der Waals surface area contributed by atoms with Crippen LogP contribution in [0.4, 0.5) is 0 Å². The first kappa shape index (κ1) is 17.3. The molecular formula is C22H38O2. The van der Waals surface area contributed by atoms with Gasteiger partial charge in [-0.15, -0.1) is 0 Å². The van der Waals surface area contributed by atoms with Crippen molar-refractivity contribution in [1.82, 2.24) is 0 Å². The Morgan fingerprint density at radius 2 is 1.58 bits per heavy atom. The molecule has 4 rings (SSSR count). The van der Waals surface area contributed by atoms with Crippen LogP contribution in [0.2, 0.25) is 0 Å². The van der Waals surface area contributed by atoms with E-state index < -0.39 is 0 Å². The molecular weight excluding hydrogens is 296 g/mol. The quantitative estimate of drug-likeness (QED) is 0.620. The van der Waals surface area contributed by atoms with Crippen molar-refractivity contribution in [2.45, 2.75) is 83.8 Å². The van der Waals surface area contributed by atoms with Crippen LogP contribution in [0.3, 0.4) is 0 Å². The Morgan fingerprint density at radius 1 is 0.833 bits per heavy atom. The maximum Gasteiger partial charge on any atom is 0.167 e. The van der Waals surface area contributed by atoms with Crippen LogP contribution in [-0.4, -0.2) is 20.0 Å². The smallest absolute Gasteiger partial charge is 0.167 e. The van der Waals surface area contributed by atoms with Crippen molar-refractivity contribution < 1.29 is 9.47 Å². The minimum Gasteiger partial charge on any atom is -0.353 e. The molecule has 0 radical (unpaired) electrons. The molecule has 7 atom stereocenters. The van der Waals surface area contributed by atoms with Gasteiger partial charge in [0, 0.05) is 27.1 Å². The Balaban J connectivity index is 1.52. The van der Waals surface area contributed by atoms with Crippen molar-refractivity contribution in [2.24, 2.45) is 40.9 Å². The maximum absolute atomic E-state index is 5.80. The topological polar surface area (TPSA) is 18.5 Å². The fourth-order valence-corrected chi connectivity index (χ4v) is 8.06. The van der Waals surface area contributed by atoms with Crippen molar-refractivity contribution in [3.8, 4) is 0 Å². The number of hydrogen-bond donors (Lipinski definition) is 0. The SMILES string of the molecule is CC[C@H]1CC[C@H]2C3CC[C@H]4CC(OC)(OC)CC[C@@H]4[C@H]3CC[C@]12C. The Hall–Kier alpha value is -0.0800. The van der Waals surface area contributed by atoms with E-state index >= 15 is 0 Å². The Morgan fingerprint density at radius 3 is 2.29 bits per heavy atom. The highest BCUT2D eigenvalue weighted by Crippen LogP contribution is 2.65. The lowest BCUT2D eigenvalue weighted by Crippen LogP contribution is -2.51. The third-order valence-electron chi connectivity index (χ3n) is 9.38. The van der Waals surface area contributed by atoms with Gasteiger partial charge in [0.15, 0.2) is 5.79 Å².